The molecular formula is C16H14N2O3S. The average molecular weight is 314 g/mol. The van der Waals surface area contributed by atoms with Gasteiger partial charge in [-0.3, -0.25) is 4.79 Å². The van der Waals surface area contributed by atoms with E-state index in [1.54, 1.807) is 13.1 Å². The lowest BCUT2D eigenvalue weighted by Crippen LogP contribution is -2.35. The van der Waals surface area contributed by atoms with Gasteiger partial charge in [0.25, 0.3) is 0 Å². The number of anilines is 1. The van der Waals surface area contributed by atoms with Crippen LogP contribution >= 0.6 is 11.3 Å². The Kier molecular flexibility index (Phi) is 2.84. The summed E-state index contributed by atoms with van der Waals surface area (Å²) >= 11 is 1.43. The van der Waals surface area contributed by atoms with E-state index in [0.29, 0.717) is 30.1 Å². The smallest absolute Gasteiger partial charge is 0.348 e. The SMILES string of the molecule is CCOC(=O)c1cc2c(s1)CC1(C2)C(=O)Nc2ncccc21. The van der Waals surface area contributed by atoms with E-state index < -0.39 is 5.41 Å². The number of hydrogen-bond acceptors (Lipinski definition) is 5. The van der Waals surface area contributed by atoms with E-state index in [1.165, 1.54) is 11.3 Å². The highest BCUT2D eigenvalue weighted by Gasteiger charge is 2.51. The quantitative estimate of drug-likeness (QED) is 0.864. The van der Waals surface area contributed by atoms with Crippen molar-refractivity contribution in [1.29, 1.82) is 0 Å². The normalized spacial score (nSPS) is 21.6. The van der Waals surface area contributed by atoms with Crippen molar-refractivity contribution >= 4 is 29.0 Å². The van der Waals surface area contributed by atoms with Crippen LogP contribution in [0.1, 0.15) is 32.6 Å². The van der Waals surface area contributed by atoms with Crippen LogP contribution in [0.15, 0.2) is 24.4 Å². The third kappa shape index (κ3) is 1.73. The monoisotopic (exact) mass is 314 g/mol. The molecule has 1 N–H and O–H groups in total. The van der Waals surface area contributed by atoms with Crippen LogP contribution in [0.4, 0.5) is 5.82 Å². The maximum Gasteiger partial charge on any atom is 0.348 e. The molecule has 3 heterocycles. The fourth-order valence-electron chi connectivity index (χ4n) is 3.32. The Morgan fingerprint density at radius 2 is 2.36 bits per heavy atom. The lowest BCUT2D eigenvalue weighted by atomic mass is 9.80. The Morgan fingerprint density at radius 3 is 3.14 bits per heavy atom. The molecule has 112 valence electrons. The molecule has 4 rings (SSSR count). The van der Waals surface area contributed by atoms with Gasteiger partial charge >= 0.3 is 5.97 Å². The molecule has 0 aromatic carbocycles. The summed E-state index contributed by atoms with van der Waals surface area (Å²) in [4.78, 5) is 30.3. The van der Waals surface area contributed by atoms with Crippen LogP contribution in [-0.4, -0.2) is 23.5 Å². The third-order valence-corrected chi connectivity index (χ3v) is 5.48. The van der Waals surface area contributed by atoms with E-state index in [9.17, 15) is 9.59 Å². The van der Waals surface area contributed by atoms with Crippen LogP contribution < -0.4 is 5.32 Å². The van der Waals surface area contributed by atoms with Crippen LogP contribution in [0.5, 0.6) is 0 Å². The number of amides is 1. The number of esters is 1. The molecule has 1 atom stereocenters. The number of fused-ring (bicyclic) bond motifs is 3. The molecule has 1 amide bonds. The number of thiophene rings is 1. The summed E-state index contributed by atoms with van der Waals surface area (Å²) in [5.41, 5.74) is 1.47. The van der Waals surface area contributed by atoms with Gasteiger partial charge in [0.15, 0.2) is 0 Å². The molecule has 1 spiro atoms. The van der Waals surface area contributed by atoms with Crippen molar-refractivity contribution < 1.29 is 14.3 Å². The van der Waals surface area contributed by atoms with Crippen molar-refractivity contribution in [3.05, 3.63) is 45.3 Å². The Labute approximate surface area is 131 Å². The number of hydrogen-bond donors (Lipinski definition) is 1. The average Bonchev–Trinajstić information content (AvgIpc) is 3.12. The zero-order valence-electron chi connectivity index (χ0n) is 12.0. The fraction of sp³-hybridized carbons (Fsp3) is 0.312. The van der Waals surface area contributed by atoms with E-state index in [-0.39, 0.29) is 11.9 Å². The maximum atomic E-state index is 12.5. The van der Waals surface area contributed by atoms with Gasteiger partial charge in [-0.2, -0.15) is 0 Å². The van der Waals surface area contributed by atoms with Gasteiger partial charge in [0.05, 0.1) is 12.0 Å². The van der Waals surface area contributed by atoms with Gasteiger partial charge in [0.1, 0.15) is 10.7 Å². The molecule has 1 aliphatic carbocycles. The number of carbonyl (C=O) groups excluding carboxylic acids is 2. The first kappa shape index (κ1) is 13.5. The molecule has 0 bridgehead atoms. The minimum atomic E-state index is -0.558. The Hall–Kier alpha value is -2.21. The molecule has 22 heavy (non-hydrogen) atoms. The topological polar surface area (TPSA) is 68.3 Å². The number of pyridine rings is 1. The van der Waals surface area contributed by atoms with Gasteiger partial charge in [-0.25, -0.2) is 9.78 Å². The van der Waals surface area contributed by atoms with E-state index in [2.05, 4.69) is 10.3 Å². The van der Waals surface area contributed by atoms with E-state index in [0.717, 1.165) is 16.0 Å². The summed E-state index contributed by atoms with van der Waals surface area (Å²) in [5, 5.41) is 2.88. The Morgan fingerprint density at radius 1 is 1.50 bits per heavy atom. The molecule has 5 nitrogen and oxygen atoms in total. The van der Waals surface area contributed by atoms with Gasteiger partial charge in [-0.15, -0.1) is 11.3 Å². The van der Waals surface area contributed by atoms with Gasteiger partial charge in [-0.1, -0.05) is 6.07 Å². The van der Waals surface area contributed by atoms with Crippen LogP contribution in [0.3, 0.4) is 0 Å². The van der Waals surface area contributed by atoms with Crippen molar-refractivity contribution in [1.82, 2.24) is 4.98 Å². The highest BCUT2D eigenvalue weighted by Crippen LogP contribution is 2.48. The molecule has 0 fully saturated rings. The zero-order chi connectivity index (χ0) is 15.3. The minimum absolute atomic E-state index is 0.00212. The van der Waals surface area contributed by atoms with E-state index >= 15 is 0 Å². The third-order valence-electron chi connectivity index (χ3n) is 4.32. The minimum Gasteiger partial charge on any atom is -0.462 e. The molecule has 2 aromatic rings. The van der Waals surface area contributed by atoms with Crippen LogP contribution in [-0.2, 0) is 27.8 Å². The van der Waals surface area contributed by atoms with Gasteiger partial charge < -0.3 is 10.1 Å². The number of carbonyl (C=O) groups is 2. The molecule has 2 aromatic heterocycles. The first-order valence-corrected chi connectivity index (χ1v) is 8.01. The van der Waals surface area contributed by atoms with Crippen LogP contribution in [0, 0.1) is 0 Å². The largest absolute Gasteiger partial charge is 0.462 e. The van der Waals surface area contributed by atoms with E-state index in [4.69, 9.17) is 4.74 Å². The molecule has 6 heteroatoms. The lowest BCUT2D eigenvalue weighted by Gasteiger charge is -2.20. The first-order chi connectivity index (χ1) is 10.6. The number of ether oxygens (including phenoxy) is 1. The highest BCUT2D eigenvalue weighted by atomic mass is 32.1. The van der Waals surface area contributed by atoms with Crippen molar-refractivity contribution in [2.24, 2.45) is 0 Å². The highest BCUT2D eigenvalue weighted by molar-refractivity contribution is 7.14. The number of nitrogens with one attached hydrogen (secondary N) is 1. The summed E-state index contributed by atoms with van der Waals surface area (Å²) in [7, 11) is 0. The molecule has 1 aliphatic heterocycles. The number of nitrogens with zero attached hydrogens (tertiary/aromatic N) is 1. The van der Waals surface area contributed by atoms with Gasteiger partial charge in [0.2, 0.25) is 5.91 Å². The molecule has 1 unspecified atom stereocenters. The van der Waals surface area contributed by atoms with Crippen molar-refractivity contribution in [3.63, 3.8) is 0 Å². The maximum absolute atomic E-state index is 12.5. The lowest BCUT2D eigenvalue weighted by molar-refractivity contribution is -0.120. The molecular weight excluding hydrogens is 300 g/mol. The van der Waals surface area contributed by atoms with Gasteiger partial charge in [0, 0.05) is 23.1 Å². The Bertz CT molecular complexity index is 773. The zero-order valence-corrected chi connectivity index (χ0v) is 12.8. The van der Waals surface area contributed by atoms with Gasteiger partial charge in [-0.05, 0) is 31.0 Å². The summed E-state index contributed by atoms with van der Waals surface area (Å²) < 4.78 is 5.04. The first-order valence-electron chi connectivity index (χ1n) is 7.20. The molecule has 2 aliphatic rings. The summed E-state index contributed by atoms with van der Waals surface area (Å²) in [6.45, 7) is 2.16. The fourth-order valence-corrected chi connectivity index (χ4v) is 4.51. The second-order valence-electron chi connectivity index (χ2n) is 5.57. The standard InChI is InChI=1S/C16H14N2O3S/c1-2-21-14(19)11-6-9-7-16(8-12(9)22-11)10-4-3-5-17-13(10)18-15(16)20/h3-6H,2,7-8H2,1H3,(H,17,18,20). The summed E-state index contributed by atoms with van der Waals surface area (Å²) in [6.07, 6.45) is 2.92. The second kappa shape index (κ2) is 4.64. The van der Waals surface area contributed by atoms with Crippen molar-refractivity contribution in [2.45, 2.75) is 25.2 Å². The molecule has 0 saturated carbocycles. The van der Waals surface area contributed by atoms with Crippen molar-refractivity contribution in [2.75, 3.05) is 11.9 Å². The second-order valence-corrected chi connectivity index (χ2v) is 6.71. The molecule has 0 radical (unpaired) electrons. The van der Waals surface area contributed by atoms with Crippen LogP contribution in [0.25, 0.3) is 0 Å². The predicted molar refractivity (Wildman–Crippen MR) is 82.2 cm³/mol. The molecule has 0 saturated heterocycles. The Balaban J connectivity index is 1.69. The van der Waals surface area contributed by atoms with Crippen LogP contribution in [0.2, 0.25) is 0 Å². The van der Waals surface area contributed by atoms with E-state index in [1.807, 2.05) is 18.2 Å². The summed E-state index contributed by atoms with van der Waals surface area (Å²) in [5.74, 6) is 0.379. The number of rotatable bonds is 2. The number of aromatic nitrogens is 1. The predicted octanol–water partition coefficient (Wildman–Crippen LogP) is 2.31. The van der Waals surface area contributed by atoms with Crippen molar-refractivity contribution in [3.8, 4) is 0 Å². The summed E-state index contributed by atoms with van der Waals surface area (Å²) in [6, 6.07) is 5.69.